The highest BCUT2D eigenvalue weighted by molar-refractivity contribution is 5.97. The number of carbonyl (C=O) groups excluding carboxylic acids is 2. The lowest BCUT2D eigenvalue weighted by molar-refractivity contribution is -0.384. The molecular formula is C18H16F3N3O5. The quantitative estimate of drug-likeness (QED) is 0.425. The summed E-state index contributed by atoms with van der Waals surface area (Å²) in [6.07, 6.45) is -5.80. The molecule has 2 aromatic rings. The molecule has 1 atom stereocenters. The monoisotopic (exact) mass is 411 g/mol. The number of nitrogens with one attached hydrogen (secondary N) is 2. The SMILES string of the molecule is CNc1ccc(C(=O)O[C@H](C)C(=O)Nc2ccc(C(F)(F)F)cc2)cc1[N+](=O)[O-]. The zero-order valence-electron chi connectivity index (χ0n) is 15.2. The molecule has 0 aliphatic rings. The van der Waals surface area contributed by atoms with Gasteiger partial charge in [0.1, 0.15) is 5.69 Å². The van der Waals surface area contributed by atoms with Crippen molar-refractivity contribution in [1.29, 1.82) is 0 Å². The average Bonchev–Trinajstić information content (AvgIpc) is 2.66. The Morgan fingerprint density at radius 2 is 1.76 bits per heavy atom. The van der Waals surface area contributed by atoms with Crippen molar-refractivity contribution in [3.05, 3.63) is 63.7 Å². The first kappa shape index (κ1) is 21.7. The fourth-order valence-corrected chi connectivity index (χ4v) is 2.29. The zero-order valence-corrected chi connectivity index (χ0v) is 15.2. The van der Waals surface area contributed by atoms with Gasteiger partial charge in [-0.15, -0.1) is 0 Å². The minimum Gasteiger partial charge on any atom is -0.449 e. The van der Waals surface area contributed by atoms with Gasteiger partial charge in [-0.25, -0.2) is 4.79 Å². The van der Waals surface area contributed by atoms with E-state index in [9.17, 15) is 32.9 Å². The van der Waals surface area contributed by atoms with Crippen molar-refractivity contribution in [2.24, 2.45) is 0 Å². The van der Waals surface area contributed by atoms with Gasteiger partial charge >= 0.3 is 12.1 Å². The van der Waals surface area contributed by atoms with E-state index in [1.54, 1.807) is 0 Å². The van der Waals surface area contributed by atoms with Gasteiger partial charge in [-0.3, -0.25) is 14.9 Å². The van der Waals surface area contributed by atoms with E-state index < -0.39 is 34.6 Å². The van der Waals surface area contributed by atoms with Gasteiger partial charge in [0.2, 0.25) is 0 Å². The van der Waals surface area contributed by atoms with Crippen molar-refractivity contribution >= 4 is 28.9 Å². The Kier molecular flexibility index (Phi) is 6.42. The molecule has 0 fully saturated rings. The molecule has 0 aromatic heterocycles. The van der Waals surface area contributed by atoms with Crippen molar-refractivity contribution in [2.75, 3.05) is 17.7 Å². The predicted molar refractivity (Wildman–Crippen MR) is 97.6 cm³/mol. The standard InChI is InChI=1S/C18H16F3N3O5/c1-10(16(25)23-13-6-4-12(5-7-13)18(19,20)21)29-17(26)11-3-8-14(22-2)15(9-11)24(27)28/h3-10,22H,1-2H3,(H,23,25)/t10-/m1/s1. The number of esters is 1. The molecule has 11 heteroatoms. The summed E-state index contributed by atoms with van der Waals surface area (Å²) in [5.41, 5.74) is -1.07. The highest BCUT2D eigenvalue weighted by atomic mass is 19.4. The second kappa shape index (κ2) is 8.59. The van der Waals surface area contributed by atoms with Crippen LogP contribution in [-0.4, -0.2) is 30.0 Å². The molecule has 0 saturated carbocycles. The first-order chi connectivity index (χ1) is 13.5. The van der Waals surface area contributed by atoms with Crippen LogP contribution in [0.25, 0.3) is 0 Å². The molecule has 0 bridgehead atoms. The van der Waals surface area contributed by atoms with Gasteiger partial charge < -0.3 is 15.4 Å². The number of hydrogen-bond acceptors (Lipinski definition) is 6. The Labute approximate surface area is 162 Å². The number of anilines is 2. The lowest BCUT2D eigenvalue weighted by Crippen LogP contribution is -2.30. The Balaban J connectivity index is 2.04. The Morgan fingerprint density at radius 3 is 2.28 bits per heavy atom. The lowest BCUT2D eigenvalue weighted by Gasteiger charge is -2.14. The van der Waals surface area contributed by atoms with Gasteiger partial charge in [-0.2, -0.15) is 13.2 Å². The number of amides is 1. The first-order valence-corrected chi connectivity index (χ1v) is 8.18. The molecular weight excluding hydrogens is 395 g/mol. The average molecular weight is 411 g/mol. The molecule has 0 aliphatic heterocycles. The van der Waals surface area contributed by atoms with E-state index in [2.05, 4.69) is 10.6 Å². The highest BCUT2D eigenvalue weighted by Gasteiger charge is 2.30. The molecule has 2 rings (SSSR count). The molecule has 8 nitrogen and oxygen atoms in total. The van der Waals surface area contributed by atoms with E-state index in [4.69, 9.17) is 4.74 Å². The second-order valence-electron chi connectivity index (χ2n) is 5.85. The van der Waals surface area contributed by atoms with Gasteiger partial charge in [0.05, 0.1) is 16.1 Å². The number of benzene rings is 2. The molecule has 0 unspecified atom stereocenters. The summed E-state index contributed by atoms with van der Waals surface area (Å²) in [6, 6.07) is 7.35. The third-order valence-electron chi connectivity index (χ3n) is 3.83. The molecule has 154 valence electrons. The number of nitrogens with zero attached hydrogens (tertiary/aromatic N) is 1. The second-order valence-corrected chi connectivity index (χ2v) is 5.85. The van der Waals surface area contributed by atoms with Crippen LogP contribution in [-0.2, 0) is 15.7 Å². The van der Waals surface area contributed by atoms with Crippen LogP contribution in [0.1, 0.15) is 22.8 Å². The summed E-state index contributed by atoms with van der Waals surface area (Å²) in [5.74, 6) is -1.75. The smallest absolute Gasteiger partial charge is 0.416 e. The number of carbonyl (C=O) groups is 2. The van der Waals surface area contributed by atoms with Crippen LogP contribution in [0.3, 0.4) is 0 Å². The summed E-state index contributed by atoms with van der Waals surface area (Å²) in [5, 5.41) is 16.0. The number of halogens is 3. The van der Waals surface area contributed by atoms with E-state index in [-0.39, 0.29) is 22.6 Å². The number of ether oxygens (including phenoxy) is 1. The topological polar surface area (TPSA) is 111 Å². The number of rotatable bonds is 6. The summed E-state index contributed by atoms with van der Waals surface area (Å²) in [4.78, 5) is 34.7. The fourth-order valence-electron chi connectivity index (χ4n) is 2.29. The molecule has 0 aliphatic carbocycles. The fraction of sp³-hybridized carbons (Fsp3) is 0.222. The number of alkyl halides is 3. The van der Waals surface area contributed by atoms with Crippen LogP contribution >= 0.6 is 0 Å². The normalized spacial score (nSPS) is 12.0. The van der Waals surface area contributed by atoms with Crippen molar-refractivity contribution in [3.63, 3.8) is 0 Å². The van der Waals surface area contributed by atoms with Crippen molar-refractivity contribution in [2.45, 2.75) is 19.2 Å². The molecule has 1 amide bonds. The highest BCUT2D eigenvalue weighted by Crippen LogP contribution is 2.30. The van der Waals surface area contributed by atoms with Gasteiger partial charge in [-0.1, -0.05) is 0 Å². The largest absolute Gasteiger partial charge is 0.449 e. The van der Waals surface area contributed by atoms with Crippen molar-refractivity contribution in [1.82, 2.24) is 0 Å². The van der Waals surface area contributed by atoms with E-state index in [0.717, 1.165) is 30.3 Å². The summed E-state index contributed by atoms with van der Waals surface area (Å²) < 4.78 is 42.6. The van der Waals surface area contributed by atoms with Gasteiger partial charge in [0.25, 0.3) is 11.6 Å². The first-order valence-electron chi connectivity index (χ1n) is 8.18. The minimum atomic E-state index is -4.50. The summed E-state index contributed by atoms with van der Waals surface area (Å²) in [7, 11) is 1.48. The molecule has 2 N–H and O–H groups in total. The van der Waals surface area contributed by atoms with Crippen LogP contribution in [0.15, 0.2) is 42.5 Å². The van der Waals surface area contributed by atoms with E-state index >= 15 is 0 Å². The van der Waals surface area contributed by atoms with Crippen LogP contribution in [0.4, 0.5) is 30.2 Å². The molecule has 29 heavy (non-hydrogen) atoms. The Hall–Kier alpha value is -3.63. The van der Waals surface area contributed by atoms with Crippen LogP contribution in [0, 0.1) is 10.1 Å². The number of hydrogen-bond donors (Lipinski definition) is 2. The lowest BCUT2D eigenvalue weighted by atomic mass is 10.1. The van der Waals surface area contributed by atoms with E-state index in [1.165, 1.54) is 26.1 Å². The van der Waals surface area contributed by atoms with Gasteiger partial charge in [-0.05, 0) is 43.3 Å². The third kappa shape index (κ3) is 5.43. The maximum Gasteiger partial charge on any atom is 0.416 e. The van der Waals surface area contributed by atoms with Crippen LogP contribution in [0.5, 0.6) is 0 Å². The maximum atomic E-state index is 12.6. The predicted octanol–water partition coefficient (Wildman–Crippen LogP) is 3.84. The Morgan fingerprint density at radius 1 is 1.14 bits per heavy atom. The molecule has 0 spiro atoms. The van der Waals surface area contributed by atoms with E-state index in [1.807, 2.05) is 0 Å². The molecule has 0 saturated heterocycles. The van der Waals surface area contributed by atoms with Crippen LogP contribution in [0.2, 0.25) is 0 Å². The number of nitro benzene ring substituents is 1. The summed E-state index contributed by atoms with van der Waals surface area (Å²) in [6.45, 7) is 1.26. The van der Waals surface area contributed by atoms with Crippen molar-refractivity contribution < 1.29 is 32.4 Å². The third-order valence-corrected chi connectivity index (χ3v) is 3.83. The van der Waals surface area contributed by atoms with Gasteiger partial charge in [0, 0.05) is 18.8 Å². The maximum absolute atomic E-state index is 12.6. The van der Waals surface area contributed by atoms with E-state index in [0.29, 0.717) is 0 Å². The van der Waals surface area contributed by atoms with Crippen LogP contribution < -0.4 is 10.6 Å². The molecule has 0 heterocycles. The van der Waals surface area contributed by atoms with Gasteiger partial charge in [0.15, 0.2) is 6.10 Å². The minimum absolute atomic E-state index is 0.0832. The Bertz CT molecular complexity index is 929. The van der Waals surface area contributed by atoms with Crippen molar-refractivity contribution in [3.8, 4) is 0 Å². The number of nitro groups is 1. The summed E-state index contributed by atoms with van der Waals surface area (Å²) >= 11 is 0. The molecule has 2 aromatic carbocycles. The molecule has 0 radical (unpaired) electrons. The zero-order chi connectivity index (χ0) is 21.8.